The minimum absolute atomic E-state index is 0.108. The SMILES string of the molecule is NC(=O)c1c(-c2ccc(Oc3ccc(Cl)cc3)cc2)nn([C@@H]2CCCN(C/C=C/C(F)F)C2)c1N. The van der Waals surface area contributed by atoms with Crippen molar-refractivity contribution in [2.75, 3.05) is 25.4 Å². The summed E-state index contributed by atoms with van der Waals surface area (Å²) in [6.07, 6.45) is 1.53. The molecule has 3 aromatic rings. The second kappa shape index (κ2) is 10.9. The van der Waals surface area contributed by atoms with Gasteiger partial charge in [-0.15, -0.1) is 0 Å². The first-order valence-corrected chi connectivity index (χ1v) is 11.6. The maximum absolute atomic E-state index is 12.4. The predicted octanol–water partition coefficient (Wildman–Crippen LogP) is 5.14. The van der Waals surface area contributed by atoms with E-state index < -0.39 is 12.3 Å². The van der Waals surface area contributed by atoms with E-state index in [0.29, 0.717) is 40.9 Å². The second-order valence-electron chi connectivity index (χ2n) is 8.32. The van der Waals surface area contributed by atoms with Gasteiger partial charge in [0.1, 0.15) is 28.6 Å². The molecule has 2 heterocycles. The number of ether oxygens (including phenoxy) is 1. The number of benzene rings is 2. The van der Waals surface area contributed by atoms with Crippen molar-refractivity contribution in [3.63, 3.8) is 0 Å². The molecule has 0 saturated carbocycles. The van der Waals surface area contributed by atoms with E-state index in [0.717, 1.165) is 25.5 Å². The third-order valence-corrected chi connectivity index (χ3v) is 6.09. The first kappa shape index (κ1) is 24.7. The number of carbonyl (C=O) groups is 1. The van der Waals surface area contributed by atoms with Crippen molar-refractivity contribution in [1.82, 2.24) is 14.7 Å². The van der Waals surface area contributed by atoms with Crippen LogP contribution < -0.4 is 16.2 Å². The minimum Gasteiger partial charge on any atom is -0.457 e. The zero-order chi connectivity index (χ0) is 24.9. The third kappa shape index (κ3) is 5.98. The van der Waals surface area contributed by atoms with Crippen LogP contribution in [-0.4, -0.2) is 46.6 Å². The van der Waals surface area contributed by atoms with E-state index in [1.165, 1.54) is 6.08 Å². The number of nitrogens with zero attached hydrogens (tertiary/aromatic N) is 3. The molecule has 1 atom stereocenters. The molecule has 2 aromatic carbocycles. The Hall–Kier alpha value is -3.43. The molecule has 7 nitrogen and oxygen atoms in total. The molecule has 1 fully saturated rings. The normalized spacial score (nSPS) is 16.7. The molecule has 4 rings (SSSR count). The van der Waals surface area contributed by atoms with E-state index >= 15 is 0 Å². The standard InChI is InChI=1S/C25H26ClF2N5O2/c26-17-7-11-20(12-8-17)35-19-9-5-16(6-10-19)23-22(25(30)34)24(29)33(31-23)18-3-1-13-32(15-18)14-2-4-21(27)28/h2,4-12,18,21H,1,3,13-15,29H2,(H2,30,34)/b4-2+/t18-/m1/s1. The highest BCUT2D eigenvalue weighted by Gasteiger charge is 2.28. The predicted molar refractivity (Wildman–Crippen MR) is 132 cm³/mol. The van der Waals surface area contributed by atoms with Crippen molar-refractivity contribution >= 4 is 23.3 Å². The van der Waals surface area contributed by atoms with Crippen LogP contribution >= 0.6 is 11.6 Å². The van der Waals surface area contributed by atoms with Crippen LogP contribution in [-0.2, 0) is 0 Å². The van der Waals surface area contributed by atoms with Crippen molar-refractivity contribution in [2.45, 2.75) is 25.3 Å². The lowest BCUT2D eigenvalue weighted by atomic mass is 10.1. The van der Waals surface area contributed by atoms with Crippen molar-refractivity contribution in [3.05, 3.63) is 71.3 Å². The van der Waals surface area contributed by atoms with Crippen molar-refractivity contribution in [1.29, 1.82) is 0 Å². The van der Waals surface area contributed by atoms with Gasteiger partial charge in [0.05, 0.1) is 6.04 Å². The van der Waals surface area contributed by atoms with Gasteiger partial charge in [-0.1, -0.05) is 17.7 Å². The summed E-state index contributed by atoms with van der Waals surface area (Å²) in [6, 6.07) is 14.0. The Morgan fingerprint density at radius 1 is 1.17 bits per heavy atom. The second-order valence-corrected chi connectivity index (χ2v) is 8.75. The van der Waals surface area contributed by atoms with E-state index in [2.05, 4.69) is 10.00 Å². The van der Waals surface area contributed by atoms with E-state index in [1.807, 2.05) is 0 Å². The van der Waals surface area contributed by atoms with Gasteiger partial charge in [0.15, 0.2) is 0 Å². The number of carbonyl (C=O) groups excluding carboxylic acids is 1. The van der Waals surface area contributed by atoms with Gasteiger partial charge >= 0.3 is 0 Å². The van der Waals surface area contributed by atoms with Crippen LogP contribution in [0.15, 0.2) is 60.7 Å². The number of primary amides is 1. The van der Waals surface area contributed by atoms with Crippen molar-refractivity contribution in [3.8, 4) is 22.8 Å². The average molecular weight is 502 g/mol. The Morgan fingerprint density at radius 3 is 2.46 bits per heavy atom. The number of piperidine rings is 1. The fourth-order valence-electron chi connectivity index (χ4n) is 4.20. The van der Waals surface area contributed by atoms with Crippen molar-refractivity contribution in [2.24, 2.45) is 5.73 Å². The molecule has 0 spiro atoms. The van der Waals surface area contributed by atoms with Gasteiger partial charge in [-0.3, -0.25) is 9.69 Å². The first-order chi connectivity index (χ1) is 16.8. The van der Waals surface area contributed by atoms with Crippen LogP contribution in [0, 0.1) is 0 Å². The van der Waals surface area contributed by atoms with Gasteiger partial charge in [0.25, 0.3) is 12.3 Å². The van der Waals surface area contributed by atoms with Crippen LogP contribution in [0.1, 0.15) is 29.2 Å². The number of amides is 1. The monoisotopic (exact) mass is 501 g/mol. The van der Waals surface area contributed by atoms with Gasteiger partial charge in [-0.2, -0.15) is 5.10 Å². The Balaban J connectivity index is 1.56. The number of alkyl halides is 2. The van der Waals surface area contributed by atoms with E-state index in [9.17, 15) is 13.6 Å². The van der Waals surface area contributed by atoms with Crippen LogP contribution in [0.2, 0.25) is 5.02 Å². The number of halogens is 3. The summed E-state index contributed by atoms with van der Waals surface area (Å²) in [5.74, 6) is 0.768. The molecule has 0 aliphatic carbocycles. The Labute approximate surface area is 206 Å². The molecule has 1 saturated heterocycles. The summed E-state index contributed by atoms with van der Waals surface area (Å²) in [7, 11) is 0. The number of likely N-dealkylation sites (tertiary alicyclic amines) is 1. The third-order valence-electron chi connectivity index (χ3n) is 5.84. The van der Waals surface area contributed by atoms with Gasteiger partial charge < -0.3 is 16.2 Å². The van der Waals surface area contributed by atoms with Crippen LogP contribution in [0.25, 0.3) is 11.3 Å². The summed E-state index contributed by atoms with van der Waals surface area (Å²) in [6.45, 7) is 1.77. The lowest BCUT2D eigenvalue weighted by Gasteiger charge is -2.32. The molecule has 1 amide bonds. The fraction of sp³-hybridized carbons (Fsp3) is 0.280. The molecule has 0 radical (unpaired) electrons. The van der Waals surface area contributed by atoms with Gasteiger partial charge in [-0.05, 0) is 74.0 Å². The maximum atomic E-state index is 12.4. The molecule has 10 heteroatoms. The summed E-state index contributed by atoms with van der Waals surface area (Å²) in [5, 5.41) is 5.28. The molecule has 1 aliphatic rings. The van der Waals surface area contributed by atoms with Gasteiger partial charge in [-0.25, -0.2) is 13.5 Å². The molecule has 4 N–H and O–H groups in total. The van der Waals surface area contributed by atoms with E-state index in [1.54, 1.807) is 53.2 Å². The fourth-order valence-corrected chi connectivity index (χ4v) is 4.33. The minimum atomic E-state index is -2.47. The highest BCUT2D eigenvalue weighted by atomic mass is 35.5. The highest BCUT2D eigenvalue weighted by molar-refractivity contribution is 6.30. The number of nitrogens with two attached hydrogens (primary N) is 2. The lowest BCUT2D eigenvalue weighted by molar-refractivity contribution is 0.100. The molecule has 35 heavy (non-hydrogen) atoms. The summed E-state index contributed by atoms with van der Waals surface area (Å²) >= 11 is 5.91. The van der Waals surface area contributed by atoms with E-state index in [-0.39, 0.29) is 17.4 Å². The Bertz CT molecular complexity index is 1200. The topological polar surface area (TPSA) is 99.4 Å². The van der Waals surface area contributed by atoms with Crippen molar-refractivity contribution < 1.29 is 18.3 Å². The smallest absolute Gasteiger partial charge is 0.257 e. The molecule has 0 unspecified atom stereocenters. The molecule has 1 aliphatic heterocycles. The number of allylic oxidation sites excluding steroid dienone is 1. The zero-order valence-electron chi connectivity index (χ0n) is 18.9. The Kier molecular flexibility index (Phi) is 7.67. The number of hydrogen-bond acceptors (Lipinski definition) is 5. The lowest BCUT2D eigenvalue weighted by Crippen LogP contribution is -2.37. The zero-order valence-corrected chi connectivity index (χ0v) is 19.7. The number of nitrogen functional groups attached to an aromatic ring is 1. The molecule has 0 bridgehead atoms. The van der Waals surface area contributed by atoms with Crippen LogP contribution in [0.4, 0.5) is 14.6 Å². The van der Waals surface area contributed by atoms with Crippen LogP contribution in [0.3, 0.4) is 0 Å². The van der Waals surface area contributed by atoms with Crippen LogP contribution in [0.5, 0.6) is 11.5 Å². The number of aromatic nitrogens is 2. The summed E-state index contributed by atoms with van der Waals surface area (Å²) in [5.41, 5.74) is 13.2. The number of rotatable bonds is 8. The van der Waals surface area contributed by atoms with Gasteiger partial charge in [0.2, 0.25) is 0 Å². The van der Waals surface area contributed by atoms with E-state index in [4.69, 9.17) is 27.8 Å². The summed E-state index contributed by atoms with van der Waals surface area (Å²) < 4.78 is 32.3. The quantitative estimate of drug-likeness (QED) is 0.416. The molecule has 184 valence electrons. The first-order valence-electron chi connectivity index (χ1n) is 11.2. The number of anilines is 1. The largest absolute Gasteiger partial charge is 0.457 e. The molecular weight excluding hydrogens is 476 g/mol. The Morgan fingerprint density at radius 2 is 1.83 bits per heavy atom. The molecule has 1 aromatic heterocycles. The maximum Gasteiger partial charge on any atom is 0.257 e. The van der Waals surface area contributed by atoms with Gasteiger partial charge in [0, 0.05) is 23.7 Å². The molecular formula is C25H26ClF2N5O2. The summed E-state index contributed by atoms with van der Waals surface area (Å²) in [4.78, 5) is 14.3. The average Bonchev–Trinajstić information content (AvgIpc) is 3.18. The highest BCUT2D eigenvalue weighted by Crippen LogP contribution is 2.33. The number of hydrogen-bond donors (Lipinski definition) is 2.